The average molecular weight is 361 g/mol. The first-order valence-corrected chi connectivity index (χ1v) is 8.37. The van der Waals surface area contributed by atoms with Crippen LogP contribution >= 0.6 is 0 Å². The third-order valence-corrected chi connectivity index (χ3v) is 4.80. The van der Waals surface area contributed by atoms with Crippen LogP contribution in [0, 0.1) is 5.41 Å². The lowest BCUT2D eigenvalue weighted by atomic mass is 9.73. The standard InChI is InChI=1S/C20H18F3NO2/c21-20(22,23)19(14-15-8-3-1-4-9-15)12-7-13-24(18(19)26)17(25)16-10-5-2-6-11-16/h1-6,8-11H,7,12-14H2. The maximum Gasteiger partial charge on any atom is 0.403 e. The normalized spacial score (nSPS) is 20.9. The van der Waals surface area contributed by atoms with Gasteiger partial charge in [0, 0.05) is 12.1 Å². The molecule has 1 heterocycles. The van der Waals surface area contributed by atoms with Crippen molar-refractivity contribution in [3.63, 3.8) is 0 Å². The minimum Gasteiger partial charge on any atom is -0.278 e. The number of hydrogen-bond donors (Lipinski definition) is 0. The highest BCUT2D eigenvalue weighted by molar-refractivity contribution is 6.06. The lowest BCUT2D eigenvalue weighted by Gasteiger charge is -2.42. The van der Waals surface area contributed by atoms with Crippen LogP contribution in [0.5, 0.6) is 0 Å². The molecule has 1 atom stereocenters. The maximum atomic E-state index is 14.0. The van der Waals surface area contributed by atoms with Crippen molar-refractivity contribution in [1.29, 1.82) is 0 Å². The molecule has 0 N–H and O–H groups in total. The van der Waals surface area contributed by atoms with Crippen LogP contribution in [-0.2, 0) is 11.2 Å². The summed E-state index contributed by atoms with van der Waals surface area (Å²) in [5, 5.41) is 0. The van der Waals surface area contributed by atoms with E-state index in [0.29, 0.717) is 5.56 Å². The topological polar surface area (TPSA) is 37.4 Å². The zero-order valence-corrected chi connectivity index (χ0v) is 14.0. The molecule has 1 fully saturated rings. The molecule has 6 heteroatoms. The Morgan fingerprint density at radius 2 is 1.58 bits per heavy atom. The highest BCUT2D eigenvalue weighted by Crippen LogP contribution is 2.48. The fourth-order valence-electron chi connectivity index (χ4n) is 3.41. The number of rotatable bonds is 3. The zero-order chi connectivity index (χ0) is 18.8. The number of halogens is 3. The first kappa shape index (κ1) is 18.2. The summed E-state index contributed by atoms with van der Waals surface area (Å²) in [4.78, 5) is 26.3. The van der Waals surface area contributed by atoms with Crippen molar-refractivity contribution < 1.29 is 22.8 Å². The number of benzene rings is 2. The summed E-state index contributed by atoms with van der Waals surface area (Å²) >= 11 is 0. The van der Waals surface area contributed by atoms with Crippen LogP contribution in [-0.4, -0.2) is 29.4 Å². The largest absolute Gasteiger partial charge is 0.403 e. The van der Waals surface area contributed by atoms with Crippen molar-refractivity contribution in [2.45, 2.75) is 25.4 Å². The summed E-state index contributed by atoms with van der Waals surface area (Å²) < 4.78 is 42.0. The van der Waals surface area contributed by atoms with Crippen LogP contribution in [0.1, 0.15) is 28.8 Å². The number of imide groups is 1. The molecule has 1 aliphatic heterocycles. The molecule has 1 saturated heterocycles. The Labute approximate surface area is 149 Å². The summed E-state index contributed by atoms with van der Waals surface area (Å²) in [5.41, 5.74) is -1.94. The Morgan fingerprint density at radius 3 is 2.15 bits per heavy atom. The summed E-state index contributed by atoms with van der Waals surface area (Å²) in [7, 11) is 0. The Balaban J connectivity index is 1.97. The minimum absolute atomic E-state index is 0.000813. The van der Waals surface area contributed by atoms with E-state index >= 15 is 0 Å². The van der Waals surface area contributed by atoms with Gasteiger partial charge >= 0.3 is 6.18 Å². The predicted molar refractivity (Wildman–Crippen MR) is 90.4 cm³/mol. The van der Waals surface area contributed by atoms with E-state index in [2.05, 4.69) is 0 Å². The lowest BCUT2D eigenvalue weighted by Crippen LogP contribution is -2.58. The molecule has 0 radical (unpaired) electrons. The Hall–Kier alpha value is -2.63. The van der Waals surface area contributed by atoms with E-state index in [1.54, 1.807) is 48.5 Å². The number of amides is 2. The smallest absolute Gasteiger partial charge is 0.278 e. The second-order valence-electron chi connectivity index (χ2n) is 6.47. The van der Waals surface area contributed by atoms with Gasteiger partial charge < -0.3 is 0 Å². The van der Waals surface area contributed by atoms with Crippen molar-refractivity contribution in [3.8, 4) is 0 Å². The highest BCUT2D eigenvalue weighted by atomic mass is 19.4. The van der Waals surface area contributed by atoms with Gasteiger partial charge in [0.05, 0.1) is 0 Å². The van der Waals surface area contributed by atoms with Gasteiger partial charge in [0.25, 0.3) is 5.91 Å². The first-order chi connectivity index (χ1) is 12.3. The van der Waals surface area contributed by atoms with Crippen LogP contribution in [0.3, 0.4) is 0 Å². The molecule has 26 heavy (non-hydrogen) atoms. The van der Waals surface area contributed by atoms with Crippen molar-refractivity contribution >= 4 is 11.8 Å². The van der Waals surface area contributed by atoms with Gasteiger partial charge in [-0.2, -0.15) is 13.2 Å². The van der Waals surface area contributed by atoms with Crippen molar-refractivity contribution in [2.75, 3.05) is 6.54 Å². The third-order valence-electron chi connectivity index (χ3n) is 4.80. The number of carbonyl (C=O) groups is 2. The monoisotopic (exact) mass is 361 g/mol. The minimum atomic E-state index is -4.74. The Bertz CT molecular complexity index is 790. The summed E-state index contributed by atoms with van der Waals surface area (Å²) in [6.07, 6.45) is -5.40. The average Bonchev–Trinajstić information content (AvgIpc) is 2.63. The predicted octanol–water partition coefficient (Wildman–Crippen LogP) is 4.24. The van der Waals surface area contributed by atoms with Gasteiger partial charge in [-0.1, -0.05) is 48.5 Å². The fourth-order valence-corrected chi connectivity index (χ4v) is 3.41. The van der Waals surface area contributed by atoms with E-state index in [0.717, 1.165) is 4.90 Å². The zero-order valence-electron chi connectivity index (χ0n) is 14.0. The molecular formula is C20H18F3NO2. The highest BCUT2D eigenvalue weighted by Gasteiger charge is 2.62. The number of nitrogens with zero attached hydrogens (tertiary/aromatic N) is 1. The van der Waals surface area contributed by atoms with E-state index in [1.807, 2.05) is 0 Å². The molecular weight excluding hydrogens is 343 g/mol. The number of piperidine rings is 1. The van der Waals surface area contributed by atoms with E-state index in [1.165, 1.54) is 12.1 Å². The molecule has 0 saturated carbocycles. The lowest BCUT2D eigenvalue weighted by molar-refractivity contribution is -0.232. The summed E-state index contributed by atoms with van der Waals surface area (Å²) in [5.74, 6) is -1.84. The second kappa shape index (κ2) is 6.94. The Kier molecular flexibility index (Phi) is 4.85. The molecule has 3 nitrogen and oxygen atoms in total. The van der Waals surface area contributed by atoms with Crippen LogP contribution in [0.15, 0.2) is 60.7 Å². The van der Waals surface area contributed by atoms with Gasteiger partial charge in [-0.15, -0.1) is 0 Å². The van der Waals surface area contributed by atoms with Gasteiger partial charge in [0.15, 0.2) is 0 Å². The van der Waals surface area contributed by atoms with Gasteiger partial charge in [0.1, 0.15) is 5.41 Å². The molecule has 2 aromatic carbocycles. The molecule has 0 aliphatic carbocycles. The Morgan fingerprint density at radius 1 is 1.00 bits per heavy atom. The van der Waals surface area contributed by atoms with Crippen molar-refractivity contribution in [2.24, 2.45) is 5.41 Å². The number of alkyl halides is 3. The molecule has 3 rings (SSSR count). The van der Waals surface area contributed by atoms with E-state index < -0.39 is 29.8 Å². The third kappa shape index (κ3) is 3.23. The number of likely N-dealkylation sites (tertiary alicyclic amines) is 1. The summed E-state index contributed by atoms with van der Waals surface area (Å²) in [6.45, 7) is -0.000813. The first-order valence-electron chi connectivity index (χ1n) is 8.37. The second-order valence-corrected chi connectivity index (χ2v) is 6.47. The van der Waals surface area contributed by atoms with Crippen LogP contribution in [0.4, 0.5) is 13.2 Å². The molecule has 0 bridgehead atoms. The quantitative estimate of drug-likeness (QED) is 0.767. The summed E-state index contributed by atoms with van der Waals surface area (Å²) in [6, 6.07) is 16.0. The van der Waals surface area contributed by atoms with Crippen LogP contribution in [0.25, 0.3) is 0 Å². The number of hydrogen-bond acceptors (Lipinski definition) is 2. The van der Waals surface area contributed by atoms with Gasteiger partial charge in [0.2, 0.25) is 5.91 Å². The van der Waals surface area contributed by atoms with Gasteiger partial charge in [-0.05, 0) is 37.0 Å². The van der Waals surface area contributed by atoms with Crippen LogP contribution < -0.4 is 0 Å². The molecule has 1 unspecified atom stereocenters. The molecule has 136 valence electrons. The van der Waals surface area contributed by atoms with Gasteiger partial charge in [-0.25, -0.2) is 0 Å². The SMILES string of the molecule is O=C(c1ccccc1)N1CCCC(Cc2ccccc2)(C(F)(F)F)C1=O. The van der Waals surface area contributed by atoms with Crippen molar-refractivity contribution in [1.82, 2.24) is 4.90 Å². The van der Waals surface area contributed by atoms with E-state index in [4.69, 9.17) is 0 Å². The molecule has 1 aliphatic rings. The molecule has 0 aromatic heterocycles. The number of carbonyl (C=O) groups excluding carboxylic acids is 2. The van der Waals surface area contributed by atoms with E-state index in [-0.39, 0.29) is 24.9 Å². The molecule has 2 amide bonds. The molecule has 2 aromatic rings. The fraction of sp³-hybridized carbons (Fsp3) is 0.300. The van der Waals surface area contributed by atoms with Gasteiger partial charge in [-0.3, -0.25) is 14.5 Å². The molecule has 0 spiro atoms. The van der Waals surface area contributed by atoms with Crippen LogP contribution in [0.2, 0.25) is 0 Å². The van der Waals surface area contributed by atoms with E-state index in [9.17, 15) is 22.8 Å². The maximum absolute atomic E-state index is 14.0. The van der Waals surface area contributed by atoms with Crippen molar-refractivity contribution in [3.05, 3.63) is 71.8 Å².